The molecule has 1 N–H and O–H groups in total. The minimum Gasteiger partial charge on any atom is -0.497 e. The van der Waals surface area contributed by atoms with Crippen LogP contribution in [0.3, 0.4) is 0 Å². The number of carbonyl (C=O) groups is 1. The Balaban J connectivity index is 1.81. The second kappa shape index (κ2) is 11.3. The number of halogens is 3. The zero-order valence-electron chi connectivity index (χ0n) is 16.5. The van der Waals surface area contributed by atoms with Gasteiger partial charge in [0.25, 0.3) is 0 Å². The SMILES string of the molecule is CCCN(CCCOc1ccc(OC)cc1)CC(=O)Nc1ccc(F)c(F)c1F. The molecule has 158 valence electrons. The Morgan fingerprint density at radius 1 is 1.00 bits per heavy atom. The van der Waals surface area contributed by atoms with E-state index >= 15 is 0 Å². The van der Waals surface area contributed by atoms with Crippen molar-refractivity contribution in [3.63, 3.8) is 0 Å². The minimum atomic E-state index is -1.61. The molecule has 2 aromatic rings. The van der Waals surface area contributed by atoms with Crippen LogP contribution in [-0.4, -0.2) is 44.2 Å². The van der Waals surface area contributed by atoms with Crippen LogP contribution in [0.1, 0.15) is 19.8 Å². The molecule has 0 aromatic heterocycles. The van der Waals surface area contributed by atoms with E-state index in [-0.39, 0.29) is 12.2 Å². The molecule has 0 spiro atoms. The number of methoxy groups -OCH3 is 1. The molecular formula is C21H25F3N2O3. The highest BCUT2D eigenvalue weighted by atomic mass is 19.2. The Labute approximate surface area is 168 Å². The Bertz CT molecular complexity index is 801. The highest BCUT2D eigenvalue weighted by Gasteiger charge is 2.16. The third-order valence-corrected chi connectivity index (χ3v) is 4.16. The molecule has 2 aromatic carbocycles. The van der Waals surface area contributed by atoms with Crippen LogP contribution in [0.15, 0.2) is 36.4 Å². The van der Waals surface area contributed by atoms with Gasteiger partial charge in [0.15, 0.2) is 17.5 Å². The predicted molar refractivity (Wildman–Crippen MR) is 105 cm³/mol. The standard InChI is InChI=1S/C21H25F3N2O3/c1-3-11-26(12-4-13-29-16-7-5-15(28-2)6-8-16)14-19(27)25-18-10-9-17(22)20(23)21(18)24/h5-10H,3-4,11-14H2,1-2H3,(H,25,27). The number of rotatable bonds is 11. The monoisotopic (exact) mass is 410 g/mol. The molecule has 8 heteroatoms. The van der Waals surface area contributed by atoms with Gasteiger partial charge in [0.1, 0.15) is 11.5 Å². The number of ether oxygens (including phenoxy) is 2. The number of carbonyl (C=O) groups excluding carboxylic acids is 1. The molecule has 0 fully saturated rings. The first-order valence-corrected chi connectivity index (χ1v) is 9.37. The molecule has 0 aliphatic rings. The van der Waals surface area contributed by atoms with Gasteiger partial charge in [-0.05, 0) is 55.8 Å². The average molecular weight is 410 g/mol. The Morgan fingerprint density at radius 2 is 1.69 bits per heavy atom. The first kappa shape index (κ1) is 22.5. The van der Waals surface area contributed by atoms with E-state index in [9.17, 15) is 18.0 Å². The summed E-state index contributed by atoms with van der Waals surface area (Å²) in [6, 6.07) is 9.01. The van der Waals surface area contributed by atoms with E-state index in [4.69, 9.17) is 9.47 Å². The number of hydrogen-bond acceptors (Lipinski definition) is 4. The number of hydrogen-bond donors (Lipinski definition) is 1. The molecule has 1 amide bonds. The molecular weight excluding hydrogens is 385 g/mol. The molecule has 0 saturated heterocycles. The van der Waals surface area contributed by atoms with Gasteiger partial charge in [-0.15, -0.1) is 0 Å². The van der Waals surface area contributed by atoms with Gasteiger partial charge in [0, 0.05) is 6.54 Å². The number of benzene rings is 2. The summed E-state index contributed by atoms with van der Waals surface area (Å²) in [5.74, 6) is -3.35. The highest BCUT2D eigenvalue weighted by Crippen LogP contribution is 2.20. The van der Waals surface area contributed by atoms with E-state index < -0.39 is 23.4 Å². The van der Waals surface area contributed by atoms with Gasteiger partial charge >= 0.3 is 0 Å². The van der Waals surface area contributed by atoms with Gasteiger partial charge in [-0.3, -0.25) is 9.69 Å². The Kier molecular flexibility index (Phi) is 8.79. The maximum atomic E-state index is 13.7. The fourth-order valence-corrected chi connectivity index (χ4v) is 2.75. The van der Waals surface area contributed by atoms with Crippen molar-refractivity contribution in [1.82, 2.24) is 4.90 Å². The van der Waals surface area contributed by atoms with Gasteiger partial charge in [-0.2, -0.15) is 0 Å². The van der Waals surface area contributed by atoms with Gasteiger partial charge in [-0.25, -0.2) is 13.2 Å². The topological polar surface area (TPSA) is 50.8 Å². The first-order valence-electron chi connectivity index (χ1n) is 9.37. The zero-order valence-corrected chi connectivity index (χ0v) is 16.5. The lowest BCUT2D eigenvalue weighted by Crippen LogP contribution is -2.35. The van der Waals surface area contributed by atoms with E-state index in [1.165, 1.54) is 0 Å². The third kappa shape index (κ3) is 6.98. The van der Waals surface area contributed by atoms with Gasteiger partial charge in [0.2, 0.25) is 5.91 Å². The second-order valence-corrected chi connectivity index (χ2v) is 6.42. The fraction of sp³-hybridized carbons (Fsp3) is 0.381. The molecule has 0 aliphatic heterocycles. The maximum Gasteiger partial charge on any atom is 0.238 e. The summed E-state index contributed by atoms with van der Waals surface area (Å²) in [7, 11) is 1.59. The largest absolute Gasteiger partial charge is 0.497 e. The number of nitrogens with zero attached hydrogens (tertiary/aromatic N) is 1. The zero-order chi connectivity index (χ0) is 21.2. The molecule has 2 rings (SSSR count). The summed E-state index contributed by atoms with van der Waals surface area (Å²) in [6.07, 6.45) is 1.50. The summed E-state index contributed by atoms with van der Waals surface area (Å²) in [5.41, 5.74) is -0.381. The van der Waals surface area contributed by atoms with E-state index in [2.05, 4.69) is 5.32 Å². The quantitative estimate of drug-likeness (QED) is 0.445. The lowest BCUT2D eigenvalue weighted by Gasteiger charge is -2.21. The molecule has 0 radical (unpaired) electrons. The van der Waals surface area contributed by atoms with Gasteiger partial charge in [-0.1, -0.05) is 6.92 Å². The molecule has 0 heterocycles. The normalized spacial score (nSPS) is 10.8. The second-order valence-electron chi connectivity index (χ2n) is 6.42. The number of nitrogens with one attached hydrogen (secondary N) is 1. The van der Waals surface area contributed by atoms with E-state index in [1.807, 2.05) is 24.0 Å². The van der Waals surface area contributed by atoms with Crippen molar-refractivity contribution in [2.45, 2.75) is 19.8 Å². The smallest absolute Gasteiger partial charge is 0.238 e. The summed E-state index contributed by atoms with van der Waals surface area (Å²) in [4.78, 5) is 14.1. The lowest BCUT2D eigenvalue weighted by atomic mass is 10.2. The number of amides is 1. The molecule has 5 nitrogen and oxygen atoms in total. The summed E-state index contributed by atoms with van der Waals surface area (Å²) in [5, 5.41) is 2.29. The van der Waals surface area contributed by atoms with Gasteiger partial charge < -0.3 is 14.8 Å². The Hall–Kier alpha value is -2.74. The van der Waals surface area contributed by atoms with E-state index in [0.29, 0.717) is 26.1 Å². The van der Waals surface area contributed by atoms with Crippen LogP contribution in [0, 0.1) is 17.5 Å². The van der Waals surface area contributed by atoms with Crippen molar-refractivity contribution in [3.05, 3.63) is 53.8 Å². The van der Waals surface area contributed by atoms with Crippen molar-refractivity contribution < 1.29 is 27.4 Å². The van der Waals surface area contributed by atoms with Crippen molar-refractivity contribution >= 4 is 11.6 Å². The van der Waals surface area contributed by atoms with Crippen LogP contribution in [0.2, 0.25) is 0 Å². The molecule has 29 heavy (non-hydrogen) atoms. The van der Waals surface area contributed by atoms with Gasteiger partial charge in [0.05, 0.1) is 25.9 Å². The van der Waals surface area contributed by atoms with Crippen molar-refractivity contribution in [3.8, 4) is 11.5 Å². The van der Waals surface area contributed by atoms with Crippen molar-refractivity contribution in [2.75, 3.05) is 38.7 Å². The predicted octanol–water partition coefficient (Wildman–Crippen LogP) is 4.23. The maximum absolute atomic E-state index is 13.7. The summed E-state index contributed by atoms with van der Waals surface area (Å²) >= 11 is 0. The Morgan fingerprint density at radius 3 is 2.34 bits per heavy atom. The summed E-state index contributed by atoms with van der Waals surface area (Å²) < 4.78 is 50.7. The molecule has 0 bridgehead atoms. The van der Waals surface area contributed by atoms with Crippen LogP contribution < -0.4 is 14.8 Å². The molecule has 0 atom stereocenters. The lowest BCUT2D eigenvalue weighted by molar-refractivity contribution is -0.117. The van der Waals surface area contributed by atoms with Crippen molar-refractivity contribution in [2.24, 2.45) is 0 Å². The molecule has 0 aliphatic carbocycles. The van der Waals surface area contributed by atoms with Crippen LogP contribution in [0.4, 0.5) is 18.9 Å². The van der Waals surface area contributed by atoms with Crippen LogP contribution in [0.25, 0.3) is 0 Å². The van der Waals surface area contributed by atoms with Crippen LogP contribution >= 0.6 is 0 Å². The average Bonchev–Trinajstić information content (AvgIpc) is 2.72. The number of anilines is 1. The van der Waals surface area contributed by atoms with E-state index in [1.54, 1.807) is 19.2 Å². The highest BCUT2D eigenvalue weighted by molar-refractivity contribution is 5.92. The molecule has 0 saturated carbocycles. The van der Waals surface area contributed by atoms with Crippen LogP contribution in [0.5, 0.6) is 11.5 Å². The summed E-state index contributed by atoms with van der Waals surface area (Å²) in [6.45, 7) is 3.71. The van der Waals surface area contributed by atoms with Crippen molar-refractivity contribution in [1.29, 1.82) is 0 Å². The third-order valence-electron chi connectivity index (χ3n) is 4.16. The minimum absolute atomic E-state index is 0.00874. The molecule has 0 unspecified atom stereocenters. The van der Waals surface area contributed by atoms with E-state index in [0.717, 1.165) is 30.1 Å². The fourth-order valence-electron chi connectivity index (χ4n) is 2.75. The van der Waals surface area contributed by atoms with Crippen LogP contribution in [-0.2, 0) is 4.79 Å². The first-order chi connectivity index (χ1) is 13.9.